The van der Waals surface area contributed by atoms with Crippen LogP contribution in [-0.2, 0) is 4.79 Å². The third-order valence-corrected chi connectivity index (χ3v) is 4.18. The van der Waals surface area contributed by atoms with Gasteiger partial charge in [-0.05, 0) is 43.3 Å². The first kappa shape index (κ1) is 16.2. The van der Waals surface area contributed by atoms with Crippen molar-refractivity contribution in [3.05, 3.63) is 72.3 Å². The molecule has 3 aromatic carbocycles. The second-order valence-corrected chi connectivity index (χ2v) is 6.14. The fraction of sp³-hybridized carbons (Fsp3) is 0.136. The molecular weight excluding hydrogens is 328 g/mol. The maximum absolute atomic E-state index is 12.1. The number of aryl methyl sites for hydroxylation is 1. The number of benzene rings is 3. The van der Waals surface area contributed by atoms with Crippen LogP contribution in [0.5, 0.6) is 11.5 Å². The summed E-state index contributed by atoms with van der Waals surface area (Å²) in [5, 5.41) is 1.94. The average molecular weight is 346 g/mol. The van der Waals surface area contributed by atoms with Crippen LogP contribution >= 0.6 is 0 Å². The molecule has 0 saturated carbocycles. The summed E-state index contributed by atoms with van der Waals surface area (Å²) in [5.74, 6) is 0.920. The minimum absolute atomic E-state index is 0.179. The van der Waals surface area contributed by atoms with Crippen LogP contribution in [0.2, 0.25) is 0 Å². The van der Waals surface area contributed by atoms with Crippen molar-refractivity contribution < 1.29 is 18.7 Å². The molecule has 0 aliphatic heterocycles. The molecule has 0 spiro atoms. The molecule has 4 rings (SSSR count). The Kier molecular flexibility index (Phi) is 4.32. The van der Waals surface area contributed by atoms with Gasteiger partial charge in [0.2, 0.25) is 0 Å². The third-order valence-electron chi connectivity index (χ3n) is 4.18. The van der Waals surface area contributed by atoms with Crippen molar-refractivity contribution in [1.29, 1.82) is 0 Å². The van der Waals surface area contributed by atoms with E-state index in [1.165, 1.54) is 5.56 Å². The van der Waals surface area contributed by atoms with E-state index < -0.39 is 0 Å². The Hall–Kier alpha value is -3.27. The number of furan rings is 1. The highest BCUT2D eigenvalue weighted by atomic mass is 16.5. The Labute approximate surface area is 150 Å². The van der Waals surface area contributed by atoms with Gasteiger partial charge in [-0.15, -0.1) is 0 Å². The summed E-state index contributed by atoms with van der Waals surface area (Å²) in [4.78, 5) is 12.1. The van der Waals surface area contributed by atoms with E-state index in [-0.39, 0.29) is 19.0 Å². The van der Waals surface area contributed by atoms with Crippen molar-refractivity contribution >= 4 is 27.9 Å². The number of carbonyl (C=O) groups excluding carboxylic acids is 1. The van der Waals surface area contributed by atoms with Crippen LogP contribution in [0.15, 0.2) is 71.1 Å². The molecule has 0 fully saturated rings. The largest absolute Gasteiger partial charge is 0.493 e. The van der Waals surface area contributed by atoms with Crippen LogP contribution in [0.4, 0.5) is 0 Å². The van der Waals surface area contributed by atoms with Crippen LogP contribution in [-0.4, -0.2) is 12.6 Å². The Morgan fingerprint density at radius 1 is 0.885 bits per heavy atom. The highest BCUT2D eigenvalue weighted by Gasteiger charge is 2.10. The van der Waals surface area contributed by atoms with E-state index in [1.54, 1.807) is 6.07 Å². The average Bonchev–Trinajstić information content (AvgIpc) is 3.01. The van der Waals surface area contributed by atoms with E-state index >= 15 is 0 Å². The van der Waals surface area contributed by atoms with Gasteiger partial charge in [0.25, 0.3) is 0 Å². The molecule has 0 unspecified atom stereocenters. The van der Waals surface area contributed by atoms with E-state index in [2.05, 4.69) is 0 Å². The number of esters is 1. The minimum atomic E-state index is -0.329. The van der Waals surface area contributed by atoms with Crippen LogP contribution in [0.1, 0.15) is 12.0 Å². The zero-order chi connectivity index (χ0) is 17.9. The molecule has 4 heteroatoms. The maximum Gasteiger partial charge on any atom is 0.314 e. The summed E-state index contributed by atoms with van der Waals surface area (Å²) in [6.07, 6.45) is 0.179. The van der Waals surface area contributed by atoms with Gasteiger partial charge in [-0.1, -0.05) is 35.9 Å². The van der Waals surface area contributed by atoms with Gasteiger partial charge in [0.15, 0.2) is 0 Å². The molecule has 26 heavy (non-hydrogen) atoms. The lowest BCUT2D eigenvalue weighted by molar-refractivity contribution is -0.134. The van der Waals surface area contributed by atoms with Gasteiger partial charge in [-0.3, -0.25) is 4.79 Å². The molecule has 0 aliphatic carbocycles. The molecule has 0 saturated heterocycles. The van der Waals surface area contributed by atoms with Crippen molar-refractivity contribution in [1.82, 2.24) is 0 Å². The van der Waals surface area contributed by atoms with Gasteiger partial charge in [0.05, 0.1) is 13.0 Å². The molecule has 1 heterocycles. The lowest BCUT2D eigenvalue weighted by Gasteiger charge is -2.07. The van der Waals surface area contributed by atoms with Crippen molar-refractivity contribution in [2.24, 2.45) is 0 Å². The number of carbonyl (C=O) groups is 1. The number of fused-ring (bicyclic) bond motifs is 3. The molecule has 0 radical (unpaired) electrons. The molecule has 0 atom stereocenters. The summed E-state index contributed by atoms with van der Waals surface area (Å²) >= 11 is 0. The Balaban J connectivity index is 1.40. The summed E-state index contributed by atoms with van der Waals surface area (Å²) in [7, 11) is 0. The lowest BCUT2D eigenvalue weighted by atomic mass is 10.1. The van der Waals surface area contributed by atoms with Crippen molar-refractivity contribution in [2.75, 3.05) is 6.61 Å². The number of para-hydroxylation sites is 1. The standard InChI is InChI=1S/C22H18O4/c1-15-6-8-16(9-7-15)24-13-12-22(23)25-17-10-11-21-19(14-17)18-4-2-3-5-20(18)26-21/h2-11,14H,12-13H2,1H3. The summed E-state index contributed by atoms with van der Waals surface area (Å²) in [6, 6.07) is 20.9. The highest BCUT2D eigenvalue weighted by Crippen LogP contribution is 2.31. The molecule has 0 amide bonds. The second-order valence-electron chi connectivity index (χ2n) is 6.14. The van der Waals surface area contributed by atoms with Crippen LogP contribution in [0.25, 0.3) is 21.9 Å². The van der Waals surface area contributed by atoms with E-state index in [4.69, 9.17) is 13.9 Å². The molecule has 4 aromatic rings. The molecule has 4 nitrogen and oxygen atoms in total. The number of hydrogen-bond acceptors (Lipinski definition) is 4. The molecule has 1 aromatic heterocycles. The fourth-order valence-corrected chi connectivity index (χ4v) is 2.84. The molecular formula is C22H18O4. The number of hydrogen-bond donors (Lipinski definition) is 0. The van der Waals surface area contributed by atoms with Crippen molar-refractivity contribution in [3.63, 3.8) is 0 Å². The first-order valence-electron chi connectivity index (χ1n) is 8.50. The normalized spacial score (nSPS) is 11.0. The molecule has 0 bridgehead atoms. The van der Waals surface area contributed by atoms with E-state index in [1.807, 2.05) is 67.6 Å². The van der Waals surface area contributed by atoms with Crippen LogP contribution in [0.3, 0.4) is 0 Å². The highest BCUT2D eigenvalue weighted by molar-refractivity contribution is 6.05. The predicted molar refractivity (Wildman–Crippen MR) is 101 cm³/mol. The smallest absolute Gasteiger partial charge is 0.314 e. The van der Waals surface area contributed by atoms with Crippen molar-refractivity contribution in [3.8, 4) is 11.5 Å². The van der Waals surface area contributed by atoms with E-state index in [9.17, 15) is 4.79 Å². The van der Waals surface area contributed by atoms with Crippen LogP contribution < -0.4 is 9.47 Å². The fourth-order valence-electron chi connectivity index (χ4n) is 2.84. The first-order valence-corrected chi connectivity index (χ1v) is 8.50. The van der Waals surface area contributed by atoms with Gasteiger partial charge < -0.3 is 13.9 Å². The van der Waals surface area contributed by atoms with Gasteiger partial charge in [0.1, 0.15) is 22.7 Å². The Morgan fingerprint density at radius 2 is 1.62 bits per heavy atom. The van der Waals surface area contributed by atoms with E-state index in [0.717, 1.165) is 27.7 Å². The maximum atomic E-state index is 12.1. The molecule has 0 aliphatic rings. The summed E-state index contributed by atoms with van der Waals surface area (Å²) < 4.78 is 16.8. The summed E-state index contributed by atoms with van der Waals surface area (Å²) in [5.41, 5.74) is 2.75. The minimum Gasteiger partial charge on any atom is -0.493 e. The Bertz CT molecular complexity index is 1060. The number of ether oxygens (including phenoxy) is 2. The van der Waals surface area contributed by atoms with Gasteiger partial charge >= 0.3 is 5.97 Å². The zero-order valence-corrected chi connectivity index (χ0v) is 14.4. The predicted octanol–water partition coefficient (Wildman–Crippen LogP) is 5.27. The first-order chi connectivity index (χ1) is 12.7. The molecule has 130 valence electrons. The quantitative estimate of drug-likeness (QED) is 0.365. The lowest BCUT2D eigenvalue weighted by Crippen LogP contribution is -2.12. The monoisotopic (exact) mass is 346 g/mol. The topological polar surface area (TPSA) is 48.7 Å². The van der Waals surface area contributed by atoms with Gasteiger partial charge in [0, 0.05) is 10.8 Å². The van der Waals surface area contributed by atoms with Crippen molar-refractivity contribution in [2.45, 2.75) is 13.3 Å². The zero-order valence-electron chi connectivity index (χ0n) is 14.4. The number of rotatable bonds is 5. The third kappa shape index (κ3) is 3.40. The van der Waals surface area contributed by atoms with Gasteiger partial charge in [-0.2, -0.15) is 0 Å². The molecule has 0 N–H and O–H groups in total. The van der Waals surface area contributed by atoms with Gasteiger partial charge in [-0.25, -0.2) is 0 Å². The SMILES string of the molecule is Cc1ccc(OCCC(=O)Oc2ccc3oc4ccccc4c3c2)cc1. The summed E-state index contributed by atoms with van der Waals surface area (Å²) in [6.45, 7) is 2.29. The van der Waals surface area contributed by atoms with Crippen LogP contribution in [0, 0.1) is 6.92 Å². The Morgan fingerprint density at radius 3 is 2.46 bits per heavy atom. The van der Waals surface area contributed by atoms with E-state index in [0.29, 0.717) is 5.75 Å². The second kappa shape index (κ2) is 6.92.